The van der Waals surface area contributed by atoms with Crippen molar-refractivity contribution in [3.8, 4) is 17.3 Å². The van der Waals surface area contributed by atoms with Crippen molar-refractivity contribution >= 4 is 34.2 Å². The largest absolute Gasteiger partial charge is 0.478 e. The van der Waals surface area contributed by atoms with Crippen molar-refractivity contribution in [1.82, 2.24) is 44.9 Å². The number of nitrogens with one attached hydrogen (secondary N) is 4. The second-order valence-electron chi connectivity index (χ2n) is 7.65. The molecule has 168 valence electrons. The Hall–Kier alpha value is -4.48. The first kappa shape index (κ1) is 20.4. The molecule has 0 aliphatic heterocycles. The van der Waals surface area contributed by atoms with Crippen LogP contribution in [0.15, 0.2) is 24.7 Å². The highest BCUT2D eigenvalue weighted by molar-refractivity contribution is 5.98. The molecular weight excluding hydrogens is 422 g/mol. The molecule has 0 saturated heterocycles. The molecule has 12 nitrogen and oxygen atoms in total. The molecule has 33 heavy (non-hydrogen) atoms. The van der Waals surface area contributed by atoms with Gasteiger partial charge in [-0.2, -0.15) is 5.10 Å². The topological polar surface area (TPSA) is 147 Å². The van der Waals surface area contributed by atoms with Crippen molar-refractivity contribution in [2.45, 2.75) is 20.8 Å². The lowest BCUT2D eigenvalue weighted by Gasteiger charge is -2.08. The summed E-state index contributed by atoms with van der Waals surface area (Å²) < 4.78 is 6.96. The first-order valence-electron chi connectivity index (χ1n) is 10.2. The number of aromatic amines is 2. The van der Waals surface area contributed by atoms with Gasteiger partial charge in [0, 0.05) is 24.8 Å². The van der Waals surface area contributed by atoms with Crippen molar-refractivity contribution in [2.24, 2.45) is 7.05 Å². The van der Waals surface area contributed by atoms with E-state index in [1.54, 1.807) is 30.4 Å². The molecule has 5 aromatic heterocycles. The van der Waals surface area contributed by atoms with Crippen LogP contribution < -0.4 is 15.4 Å². The van der Waals surface area contributed by atoms with Crippen LogP contribution in [0.1, 0.15) is 17.1 Å². The zero-order chi connectivity index (χ0) is 23.1. The van der Waals surface area contributed by atoms with Gasteiger partial charge in [0.2, 0.25) is 5.95 Å². The number of imidazole rings is 1. The maximum atomic E-state index is 5.31. The number of rotatable bonds is 6. The summed E-state index contributed by atoms with van der Waals surface area (Å²) in [6.45, 7) is 5.81. The fraction of sp³-hybridized carbons (Fsp3) is 0.238. The average Bonchev–Trinajstić information content (AvgIpc) is 3.46. The molecule has 5 heterocycles. The number of nitrogens with zero attached hydrogens (tertiary/aromatic N) is 7. The maximum Gasteiger partial charge on any atom is 0.256 e. The zero-order valence-corrected chi connectivity index (χ0v) is 18.8. The Morgan fingerprint density at radius 2 is 1.88 bits per heavy atom. The molecule has 0 amide bonds. The van der Waals surface area contributed by atoms with Gasteiger partial charge in [-0.15, -0.1) is 5.10 Å². The van der Waals surface area contributed by atoms with E-state index >= 15 is 0 Å². The number of H-pyrrole nitrogens is 2. The fourth-order valence-electron chi connectivity index (χ4n) is 3.63. The molecule has 5 rings (SSSR count). The minimum Gasteiger partial charge on any atom is -0.478 e. The number of pyridine rings is 1. The van der Waals surface area contributed by atoms with Crippen LogP contribution in [0, 0.1) is 20.8 Å². The zero-order valence-electron chi connectivity index (χ0n) is 18.8. The molecule has 12 heteroatoms. The highest BCUT2D eigenvalue weighted by atomic mass is 16.5. The Morgan fingerprint density at radius 1 is 1.03 bits per heavy atom. The summed E-state index contributed by atoms with van der Waals surface area (Å²) in [6.07, 6.45) is 5.28. The molecule has 0 saturated carbocycles. The number of ether oxygens (including phenoxy) is 1. The monoisotopic (exact) mass is 445 g/mol. The van der Waals surface area contributed by atoms with Crippen molar-refractivity contribution in [1.29, 1.82) is 0 Å². The van der Waals surface area contributed by atoms with E-state index in [4.69, 9.17) is 9.72 Å². The van der Waals surface area contributed by atoms with Gasteiger partial charge >= 0.3 is 0 Å². The first-order valence-corrected chi connectivity index (χ1v) is 10.2. The lowest BCUT2D eigenvalue weighted by molar-refractivity contribution is 0.393. The van der Waals surface area contributed by atoms with E-state index in [1.807, 2.05) is 33.9 Å². The molecule has 4 N–H and O–H groups in total. The van der Waals surface area contributed by atoms with Crippen molar-refractivity contribution in [3.05, 3.63) is 41.7 Å². The van der Waals surface area contributed by atoms with E-state index in [0.29, 0.717) is 34.7 Å². The van der Waals surface area contributed by atoms with Gasteiger partial charge in [0.1, 0.15) is 22.7 Å². The van der Waals surface area contributed by atoms with Crippen molar-refractivity contribution in [2.75, 3.05) is 17.7 Å². The average molecular weight is 445 g/mol. The van der Waals surface area contributed by atoms with Crippen LogP contribution >= 0.6 is 0 Å². The highest BCUT2D eigenvalue weighted by Gasteiger charge is 2.18. The molecule has 0 unspecified atom stereocenters. The van der Waals surface area contributed by atoms with E-state index in [9.17, 15) is 0 Å². The van der Waals surface area contributed by atoms with E-state index in [1.165, 1.54) is 0 Å². The molecule has 0 aliphatic rings. The number of aryl methyl sites for hydroxylation is 4. The third-order valence-electron chi connectivity index (χ3n) is 5.16. The Balaban J connectivity index is 1.53. The second kappa shape index (κ2) is 7.89. The Kier molecular flexibility index (Phi) is 4.89. The van der Waals surface area contributed by atoms with Gasteiger partial charge in [-0.25, -0.2) is 19.9 Å². The molecule has 5 aromatic rings. The molecule has 0 bridgehead atoms. The number of methoxy groups -OCH3 is 1. The molecule has 0 aliphatic carbocycles. The van der Waals surface area contributed by atoms with Crippen LogP contribution in [0.5, 0.6) is 5.88 Å². The number of aromatic nitrogens is 9. The van der Waals surface area contributed by atoms with Gasteiger partial charge in [-0.3, -0.25) is 9.78 Å². The van der Waals surface area contributed by atoms with Gasteiger partial charge in [0.25, 0.3) is 5.88 Å². The van der Waals surface area contributed by atoms with Crippen molar-refractivity contribution in [3.63, 3.8) is 0 Å². The molecule has 0 fully saturated rings. The summed E-state index contributed by atoms with van der Waals surface area (Å²) in [5.41, 5.74) is 4.64. The fourth-order valence-corrected chi connectivity index (χ4v) is 3.63. The number of anilines is 4. The van der Waals surface area contributed by atoms with Crippen LogP contribution in [0.3, 0.4) is 0 Å². The van der Waals surface area contributed by atoms with Gasteiger partial charge in [0.05, 0.1) is 24.7 Å². The van der Waals surface area contributed by atoms with Crippen LogP contribution in [0.4, 0.5) is 23.3 Å². The lowest BCUT2D eigenvalue weighted by atomic mass is 10.1. The standard InChI is InChI=1S/C21H23N11O/c1-10-8-23-21(26-14-9-32(4)31-20(14)33-5)27-15(10)16-13-6-7-22-19(17(13)30-29-16)28-18-11(2)24-12(3)25-18/h6-9H,1-5H3,(H,22,28)(H,24,25)(H,29,30)(H,23,26,27). The van der Waals surface area contributed by atoms with Crippen LogP contribution in [-0.2, 0) is 7.05 Å². The van der Waals surface area contributed by atoms with Crippen molar-refractivity contribution < 1.29 is 4.74 Å². The van der Waals surface area contributed by atoms with E-state index in [0.717, 1.165) is 33.8 Å². The minimum atomic E-state index is 0.410. The smallest absolute Gasteiger partial charge is 0.256 e. The number of fused-ring (bicyclic) bond motifs is 1. The number of hydrogen-bond donors (Lipinski definition) is 4. The summed E-state index contributed by atoms with van der Waals surface area (Å²) in [5.74, 6) is 3.05. The highest BCUT2D eigenvalue weighted by Crippen LogP contribution is 2.32. The molecule has 0 atom stereocenters. The number of hydrogen-bond acceptors (Lipinski definition) is 9. The predicted molar refractivity (Wildman–Crippen MR) is 124 cm³/mol. The van der Waals surface area contributed by atoms with Crippen LogP contribution in [0.25, 0.3) is 22.3 Å². The third-order valence-corrected chi connectivity index (χ3v) is 5.16. The molecular formula is C21H23N11O. The molecule has 0 radical (unpaired) electrons. The van der Waals surface area contributed by atoms with Gasteiger partial charge in [0.15, 0.2) is 11.6 Å². The van der Waals surface area contributed by atoms with Gasteiger partial charge in [-0.05, 0) is 32.4 Å². The van der Waals surface area contributed by atoms with E-state index in [-0.39, 0.29) is 0 Å². The Morgan fingerprint density at radius 3 is 2.64 bits per heavy atom. The summed E-state index contributed by atoms with van der Waals surface area (Å²) in [4.78, 5) is 21.3. The quantitative estimate of drug-likeness (QED) is 0.309. The lowest BCUT2D eigenvalue weighted by Crippen LogP contribution is -2.01. The minimum absolute atomic E-state index is 0.410. The predicted octanol–water partition coefficient (Wildman–Crippen LogP) is 3.29. The van der Waals surface area contributed by atoms with Crippen LogP contribution in [0.2, 0.25) is 0 Å². The van der Waals surface area contributed by atoms with E-state index < -0.39 is 0 Å². The summed E-state index contributed by atoms with van der Waals surface area (Å²) in [5, 5.41) is 19.2. The Bertz CT molecular complexity index is 1460. The molecule has 0 spiro atoms. The normalized spacial score (nSPS) is 11.2. The maximum absolute atomic E-state index is 5.31. The first-order chi connectivity index (χ1) is 15.9. The SMILES string of the molecule is COc1nn(C)cc1Nc1ncc(C)c(-c2n[nH]c3c(Nc4nc(C)[nH]c4C)nccc23)n1. The summed E-state index contributed by atoms with van der Waals surface area (Å²) >= 11 is 0. The molecule has 0 aromatic carbocycles. The third kappa shape index (κ3) is 3.71. The summed E-state index contributed by atoms with van der Waals surface area (Å²) in [7, 11) is 3.38. The van der Waals surface area contributed by atoms with Crippen LogP contribution in [-0.4, -0.2) is 52.0 Å². The summed E-state index contributed by atoms with van der Waals surface area (Å²) in [6, 6.07) is 1.90. The Labute approximate surface area is 188 Å². The van der Waals surface area contributed by atoms with Gasteiger partial charge < -0.3 is 20.4 Å². The second-order valence-corrected chi connectivity index (χ2v) is 7.65. The van der Waals surface area contributed by atoms with E-state index in [2.05, 4.69) is 45.9 Å². The van der Waals surface area contributed by atoms with Gasteiger partial charge in [-0.1, -0.05) is 0 Å².